The first-order valence-electron chi connectivity index (χ1n) is 9.00. The van der Waals surface area contributed by atoms with E-state index >= 15 is 0 Å². The van der Waals surface area contributed by atoms with Crippen molar-refractivity contribution in [3.8, 4) is 0 Å². The van der Waals surface area contributed by atoms with Crippen LogP contribution in [0.25, 0.3) is 0 Å². The third kappa shape index (κ3) is 4.66. The number of carbonyl (C=O) groups is 1. The van der Waals surface area contributed by atoms with Gasteiger partial charge in [0, 0.05) is 31.2 Å². The molecular formula is C20H26ClN3O3S. The molecule has 0 radical (unpaired) electrons. The van der Waals surface area contributed by atoms with E-state index in [1.54, 1.807) is 18.2 Å². The molecule has 2 N–H and O–H groups in total. The average molecular weight is 424 g/mol. The maximum absolute atomic E-state index is 12.7. The number of piperazine rings is 1. The van der Waals surface area contributed by atoms with Crippen molar-refractivity contribution in [2.24, 2.45) is 0 Å². The number of hydrogen-bond acceptors (Lipinski definition) is 4. The molecule has 0 aromatic heterocycles. The summed E-state index contributed by atoms with van der Waals surface area (Å²) in [6, 6.07) is 11.7. The van der Waals surface area contributed by atoms with Crippen molar-refractivity contribution in [1.82, 2.24) is 10.2 Å². The number of carbonyl (C=O) groups excluding carboxylic acids is 1. The van der Waals surface area contributed by atoms with Gasteiger partial charge in [0.15, 0.2) is 0 Å². The second-order valence-electron chi connectivity index (χ2n) is 6.93. The monoisotopic (exact) mass is 423 g/mol. The SMILES string of the molecule is Cc1cccc(NS(=O)(=O)c2ccc(C(=O)N3CCNCC3C)cc2)c1C.Cl. The van der Waals surface area contributed by atoms with Crippen LogP contribution in [0.2, 0.25) is 0 Å². The van der Waals surface area contributed by atoms with Crippen molar-refractivity contribution in [2.75, 3.05) is 24.4 Å². The number of nitrogens with one attached hydrogen (secondary N) is 2. The van der Waals surface area contributed by atoms with Gasteiger partial charge in [0.2, 0.25) is 0 Å². The molecule has 0 bridgehead atoms. The molecule has 152 valence electrons. The van der Waals surface area contributed by atoms with Crippen LogP contribution in [0.1, 0.15) is 28.4 Å². The van der Waals surface area contributed by atoms with E-state index < -0.39 is 10.0 Å². The third-order valence-corrected chi connectivity index (χ3v) is 6.40. The number of anilines is 1. The first kappa shape index (κ1) is 22.2. The van der Waals surface area contributed by atoms with Crippen LogP contribution in [0.3, 0.4) is 0 Å². The Kier molecular flexibility index (Phi) is 7.09. The molecule has 3 rings (SSSR count). The van der Waals surface area contributed by atoms with Gasteiger partial charge < -0.3 is 10.2 Å². The molecule has 1 aliphatic heterocycles. The fraction of sp³-hybridized carbons (Fsp3) is 0.350. The maximum atomic E-state index is 12.7. The Labute approximate surface area is 172 Å². The van der Waals surface area contributed by atoms with Gasteiger partial charge in [-0.15, -0.1) is 12.4 Å². The molecule has 1 heterocycles. The molecule has 28 heavy (non-hydrogen) atoms. The smallest absolute Gasteiger partial charge is 0.261 e. The van der Waals surface area contributed by atoms with Gasteiger partial charge in [0.05, 0.1) is 10.6 Å². The van der Waals surface area contributed by atoms with Crippen molar-refractivity contribution in [3.05, 3.63) is 59.2 Å². The highest BCUT2D eigenvalue weighted by molar-refractivity contribution is 7.92. The van der Waals surface area contributed by atoms with Crippen molar-refractivity contribution in [3.63, 3.8) is 0 Å². The highest BCUT2D eigenvalue weighted by atomic mass is 35.5. The molecule has 1 atom stereocenters. The normalized spacial score (nSPS) is 17.0. The molecule has 2 aromatic rings. The number of rotatable bonds is 4. The highest BCUT2D eigenvalue weighted by Crippen LogP contribution is 2.22. The van der Waals surface area contributed by atoms with Crippen molar-refractivity contribution in [1.29, 1.82) is 0 Å². The van der Waals surface area contributed by atoms with Gasteiger partial charge in [-0.3, -0.25) is 9.52 Å². The molecule has 2 aromatic carbocycles. The zero-order valence-electron chi connectivity index (χ0n) is 16.2. The van der Waals surface area contributed by atoms with Gasteiger partial charge in [-0.25, -0.2) is 8.42 Å². The predicted octanol–water partition coefficient (Wildman–Crippen LogP) is 2.96. The van der Waals surface area contributed by atoms with Crippen LogP contribution in [-0.2, 0) is 10.0 Å². The largest absolute Gasteiger partial charge is 0.333 e. The predicted molar refractivity (Wildman–Crippen MR) is 114 cm³/mol. The quantitative estimate of drug-likeness (QED) is 0.792. The van der Waals surface area contributed by atoms with E-state index in [4.69, 9.17) is 0 Å². The second kappa shape index (κ2) is 8.94. The van der Waals surface area contributed by atoms with Gasteiger partial charge in [-0.05, 0) is 62.2 Å². The fourth-order valence-corrected chi connectivity index (χ4v) is 4.27. The Morgan fingerprint density at radius 3 is 2.46 bits per heavy atom. The summed E-state index contributed by atoms with van der Waals surface area (Å²) < 4.78 is 28.0. The Morgan fingerprint density at radius 2 is 1.82 bits per heavy atom. The highest BCUT2D eigenvalue weighted by Gasteiger charge is 2.24. The van der Waals surface area contributed by atoms with Crippen LogP contribution in [0.5, 0.6) is 0 Å². The van der Waals surface area contributed by atoms with E-state index in [0.717, 1.165) is 24.2 Å². The maximum Gasteiger partial charge on any atom is 0.261 e. The van der Waals surface area contributed by atoms with E-state index in [1.165, 1.54) is 12.1 Å². The minimum absolute atomic E-state index is 0. The molecule has 1 fully saturated rings. The lowest BCUT2D eigenvalue weighted by molar-refractivity contribution is 0.0655. The van der Waals surface area contributed by atoms with Crippen LogP contribution in [-0.4, -0.2) is 44.9 Å². The van der Waals surface area contributed by atoms with Crippen molar-refractivity contribution in [2.45, 2.75) is 31.7 Å². The zero-order chi connectivity index (χ0) is 19.6. The number of amides is 1. The molecule has 6 nitrogen and oxygen atoms in total. The lowest BCUT2D eigenvalue weighted by atomic mass is 10.1. The van der Waals surface area contributed by atoms with Gasteiger partial charge in [0.25, 0.3) is 15.9 Å². The molecule has 1 amide bonds. The molecule has 1 aliphatic rings. The first-order valence-corrected chi connectivity index (χ1v) is 10.5. The first-order chi connectivity index (χ1) is 12.8. The van der Waals surface area contributed by atoms with E-state index in [-0.39, 0.29) is 29.3 Å². The Bertz CT molecular complexity index is 946. The standard InChI is InChI=1S/C20H25N3O3S.ClH/c1-14-5-4-6-19(16(14)3)22-27(25,26)18-9-7-17(8-10-18)20(24)23-12-11-21-13-15(23)2;/h4-10,15,21-22H,11-13H2,1-3H3;1H. The Balaban J connectivity index is 0.00000280. The van der Waals surface area contributed by atoms with Crippen LogP contribution < -0.4 is 10.0 Å². The van der Waals surface area contributed by atoms with Gasteiger partial charge in [-0.2, -0.15) is 0 Å². The average Bonchev–Trinajstić information content (AvgIpc) is 2.65. The summed E-state index contributed by atoms with van der Waals surface area (Å²) in [7, 11) is -3.72. The Morgan fingerprint density at radius 1 is 1.14 bits per heavy atom. The molecular weight excluding hydrogens is 398 g/mol. The number of halogens is 1. The third-order valence-electron chi connectivity index (χ3n) is 5.02. The second-order valence-corrected chi connectivity index (χ2v) is 8.61. The topological polar surface area (TPSA) is 78.5 Å². The summed E-state index contributed by atoms with van der Waals surface area (Å²) >= 11 is 0. The fourth-order valence-electron chi connectivity index (χ4n) is 3.15. The number of benzene rings is 2. The van der Waals surface area contributed by atoms with E-state index in [9.17, 15) is 13.2 Å². The van der Waals surface area contributed by atoms with E-state index in [1.807, 2.05) is 37.8 Å². The summed E-state index contributed by atoms with van der Waals surface area (Å²) in [4.78, 5) is 14.6. The van der Waals surface area contributed by atoms with Crippen LogP contribution in [0, 0.1) is 13.8 Å². The van der Waals surface area contributed by atoms with Crippen LogP contribution in [0.15, 0.2) is 47.4 Å². The van der Waals surface area contributed by atoms with Gasteiger partial charge >= 0.3 is 0 Å². The van der Waals surface area contributed by atoms with Crippen molar-refractivity contribution < 1.29 is 13.2 Å². The zero-order valence-corrected chi connectivity index (χ0v) is 17.9. The summed E-state index contributed by atoms with van der Waals surface area (Å²) in [5.41, 5.74) is 2.96. The van der Waals surface area contributed by atoms with E-state index in [0.29, 0.717) is 17.8 Å². The molecule has 1 unspecified atom stereocenters. The lowest BCUT2D eigenvalue weighted by Crippen LogP contribution is -2.52. The lowest BCUT2D eigenvalue weighted by Gasteiger charge is -2.34. The summed E-state index contributed by atoms with van der Waals surface area (Å²) in [6.45, 7) is 7.99. The number of aryl methyl sites for hydroxylation is 1. The number of hydrogen-bond donors (Lipinski definition) is 2. The summed E-state index contributed by atoms with van der Waals surface area (Å²) in [5.74, 6) is -0.0737. The number of nitrogens with zero attached hydrogens (tertiary/aromatic N) is 1. The van der Waals surface area contributed by atoms with E-state index in [2.05, 4.69) is 10.0 Å². The van der Waals surface area contributed by atoms with Crippen molar-refractivity contribution >= 4 is 34.0 Å². The minimum atomic E-state index is -3.72. The van der Waals surface area contributed by atoms with Crippen LogP contribution >= 0.6 is 12.4 Å². The summed E-state index contributed by atoms with van der Waals surface area (Å²) in [5, 5.41) is 3.25. The number of sulfonamides is 1. The molecule has 1 saturated heterocycles. The molecule has 0 aliphatic carbocycles. The summed E-state index contributed by atoms with van der Waals surface area (Å²) in [6.07, 6.45) is 0. The van der Waals surface area contributed by atoms with Gasteiger partial charge in [-0.1, -0.05) is 12.1 Å². The molecule has 0 saturated carbocycles. The van der Waals surface area contributed by atoms with Crippen LogP contribution in [0.4, 0.5) is 5.69 Å². The van der Waals surface area contributed by atoms with Gasteiger partial charge in [0.1, 0.15) is 0 Å². The minimum Gasteiger partial charge on any atom is -0.333 e. The molecule has 8 heteroatoms. The molecule has 0 spiro atoms. The Hall–Kier alpha value is -2.09.